The van der Waals surface area contributed by atoms with Crippen molar-refractivity contribution < 1.29 is 8.42 Å². The lowest BCUT2D eigenvalue weighted by Crippen LogP contribution is -2.12. The van der Waals surface area contributed by atoms with Gasteiger partial charge in [-0.15, -0.1) is 0 Å². The first-order valence-electron chi connectivity index (χ1n) is 8.54. The highest BCUT2D eigenvalue weighted by molar-refractivity contribution is 7.92. The van der Waals surface area contributed by atoms with E-state index in [1.807, 2.05) is 55.4 Å². The molecule has 0 atom stereocenters. The molecule has 0 saturated heterocycles. The summed E-state index contributed by atoms with van der Waals surface area (Å²) in [6, 6.07) is 18.1. The predicted octanol–water partition coefficient (Wildman–Crippen LogP) is 4.47. The summed E-state index contributed by atoms with van der Waals surface area (Å²) in [6.45, 7) is 0. The van der Waals surface area contributed by atoms with Gasteiger partial charge in [0.15, 0.2) is 5.82 Å². The molecule has 28 heavy (non-hydrogen) atoms. The summed E-state index contributed by atoms with van der Waals surface area (Å²) in [4.78, 5) is 6.39. The molecule has 0 unspecified atom stereocenters. The maximum absolute atomic E-state index is 12.9. The topological polar surface area (TPSA) is 74.7 Å². The third-order valence-electron chi connectivity index (χ3n) is 4.15. The lowest BCUT2D eigenvalue weighted by molar-refractivity contribution is 0.601. The van der Waals surface area contributed by atoms with Crippen LogP contribution in [-0.2, 0) is 10.0 Å². The smallest absolute Gasteiger partial charge is 0.261 e. The van der Waals surface area contributed by atoms with Crippen LogP contribution in [0, 0.1) is 0 Å². The average Bonchev–Trinajstić information content (AvgIpc) is 3.08. The maximum Gasteiger partial charge on any atom is 0.261 e. The number of hydrogen-bond donors (Lipinski definition) is 1. The number of aliphatic imine (C=N–C) groups is 1. The van der Waals surface area contributed by atoms with Crippen molar-refractivity contribution in [2.75, 3.05) is 18.8 Å². The van der Waals surface area contributed by atoms with Gasteiger partial charge >= 0.3 is 0 Å². The van der Waals surface area contributed by atoms with E-state index >= 15 is 0 Å². The molecule has 0 amide bonds. The SMILES string of the molecule is CN(C)C=Nc1nsc2ccc(NS(=O)(=O)c3ccc4ccccc4c3)cc12. The summed E-state index contributed by atoms with van der Waals surface area (Å²) in [5.74, 6) is 0.570. The van der Waals surface area contributed by atoms with Crippen molar-refractivity contribution in [3.63, 3.8) is 0 Å². The van der Waals surface area contributed by atoms with E-state index in [0.717, 1.165) is 20.9 Å². The lowest BCUT2D eigenvalue weighted by Gasteiger charge is -2.09. The number of nitrogens with one attached hydrogen (secondary N) is 1. The van der Waals surface area contributed by atoms with Crippen LogP contribution in [0.1, 0.15) is 0 Å². The molecular weight excluding hydrogens is 392 g/mol. The van der Waals surface area contributed by atoms with Crippen molar-refractivity contribution >= 4 is 60.3 Å². The Hall–Kier alpha value is -2.97. The molecule has 142 valence electrons. The van der Waals surface area contributed by atoms with Gasteiger partial charge < -0.3 is 4.90 Å². The zero-order valence-corrected chi connectivity index (χ0v) is 17.0. The van der Waals surface area contributed by atoms with Crippen LogP contribution in [-0.4, -0.2) is 38.1 Å². The summed E-state index contributed by atoms with van der Waals surface area (Å²) >= 11 is 1.33. The van der Waals surface area contributed by atoms with Crippen LogP contribution in [0.4, 0.5) is 11.5 Å². The molecular formula is C20H18N4O2S2. The molecule has 0 bridgehead atoms. The van der Waals surface area contributed by atoms with Gasteiger partial charge in [0, 0.05) is 25.2 Å². The Labute approximate surface area is 167 Å². The first kappa shape index (κ1) is 18.4. The second-order valence-corrected chi connectivity index (χ2v) is 9.03. The summed E-state index contributed by atoms with van der Waals surface area (Å²) in [5, 5.41) is 2.68. The molecule has 0 fully saturated rings. The Morgan fingerprint density at radius 1 is 1.04 bits per heavy atom. The van der Waals surface area contributed by atoms with Crippen molar-refractivity contribution in [3.8, 4) is 0 Å². The molecule has 0 radical (unpaired) electrons. The monoisotopic (exact) mass is 410 g/mol. The van der Waals surface area contributed by atoms with Crippen LogP contribution in [0.2, 0.25) is 0 Å². The number of anilines is 1. The fourth-order valence-electron chi connectivity index (χ4n) is 2.80. The van der Waals surface area contributed by atoms with Crippen LogP contribution in [0.15, 0.2) is 70.6 Å². The molecule has 3 aromatic carbocycles. The molecule has 1 heterocycles. The summed E-state index contributed by atoms with van der Waals surface area (Å²) in [5.41, 5.74) is 0.474. The number of rotatable bonds is 5. The van der Waals surface area contributed by atoms with E-state index in [4.69, 9.17) is 0 Å². The lowest BCUT2D eigenvalue weighted by atomic mass is 10.1. The minimum absolute atomic E-state index is 0.223. The second-order valence-electron chi connectivity index (χ2n) is 6.54. The van der Waals surface area contributed by atoms with Gasteiger partial charge in [-0.1, -0.05) is 30.3 Å². The fourth-order valence-corrected chi connectivity index (χ4v) is 4.59. The van der Waals surface area contributed by atoms with Crippen molar-refractivity contribution in [1.82, 2.24) is 9.27 Å². The molecule has 0 aliphatic heterocycles. The maximum atomic E-state index is 12.9. The second kappa shape index (κ2) is 7.21. The summed E-state index contributed by atoms with van der Waals surface area (Å²) in [7, 11) is 0.0436. The van der Waals surface area contributed by atoms with Gasteiger partial charge in [-0.3, -0.25) is 4.72 Å². The molecule has 4 aromatic rings. The summed E-state index contributed by atoms with van der Waals surface area (Å²) in [6.07, 6.45) is 1.67. The van der Waals surface area contributed by atoms with E-state index < -0.39 is 10.0 Å². The highest BCUT2D eigenvalue weighted by Gasteiger charge is 2.16. The van der Waals surface area contributed by atoms with Crippen molar-refractivity contribution in [2.24, 2.45) is 4.99 Å². The summed E-state index contributed by atoms with van der Waals surface area (Å²) < 4.78 is 33.7. The highest BCUT2D eigenvalue weighted by atomic mass is 32.2. The minimum Gasteiger partial charge on any atom is -0.369 e. The number of fused-ring (bicyclic) bond motifs is 2. The molecule has 0 saturated carbocycles. The van der Waals surface area contributed by atoms with Crippen molar-refractivity contribution in [2.45, 2.75) is 4.90 Å². The van der Waals surface area contributed by atoms with Crippen LogP contribution < -0.4 is 4.72 Å². The number of nitrogens with zero attached hydrogens (tertiary/aromatic N) is 3. The van der Waals surface area contributed by atoms with E-state index in [9.17, 15) is 8.42 Å². The van der Waals surface area contributed by atoms with Crippen LogP contribution >= 0.6 is 11.5 Å². The normalized spacial score (nSPS) is 12.1. The van der Waals surface area contributed by atoms with E-state index in [1.165, 1.54) is 11.5 Å². The van der Waals surface area contributed by atoms with Gasteiger partial charge in [-0.25, -0.2) is 13.4 Å². The Morgan fingerprint density at radius 2 is 1.82 bits per heavy atom. The standard InChI is InChI=1S/C20H18N4O2S2/c1-24(2)13-21-20-18-12-16(8-10-19(18)27-22-20)23-28(25,26)17-9-7-14-5-3-4-6-15(14)11-17/h3-13,23H,1-2H3. The Kier molecular flexibility index (Phi) is 4.74. The Morgan fingerprint density at radius 3 is 2.61 bits per heavy atom. The van der Waals surface area contributed by atoms with Crippen LogP contribution in [0.25, 0.3) is 20.9 Å². The van der Waals surface area contributed by atoms with Crippen LogP contribution in [0.3, 0.4) is 0 Å². The molecule has 0 aliphatic carbocycles. The molecule has 8 heteroatoms. The van der Waals surface area contributed by atoms with Gasteiger partial charge in [0.1, 0.15) is 0 Å². The van der Waals surface area contributed by atoms with E-state index in [1.54, 1.807) is 30.6 Å². The molecule has 4 rings (SSSR count). The zero-order valence-electron chi connectivity index (χ0n) is 15.3. The first-order valence-corrected chi connectivity index (χ1v) is 10.8. The zero-order chi connectivity index (χ0) is 19.7. The van der Waals surface area contributed by atoms with Crippen molar-refractivity contribution in [1.29, 1.82) is 0 Å². The minimum atomic E-state index is -3.71. The van der Waals surface area contributed by atoms with Gasteiger partial charge in [0.05, 0.1) is 15.9 Å². The molecule has 1 aromatic heterocycles. The molecule has 6 nitrogen and oxygen atoms in total. The Balaban J connectivity index is 1.68. The van der Waals surface area contributed by atoms with Crippen molar-refractivity contribution in [3.05, 3.63) is 60.7 Å². The number of sulfonamides is 1. The van der Waals surface area contributed by atoms with E-state index in [0.29, 0.717) is 11.5 Å². The third-order valence-corrected chi connectivity index (χ3v) is 6.34. The fraction of sp³-hybridized carbons (Fsp3) is 0.100. The number of hydrogen-bond acceptors (Lipinski definition) is 5. The predicted molar refractivity (Wildman–Crippen MR) is 116 cm³/mol. The van der Waals surface area contributed by atoms with E-state index in [-0.39, 0.29) is 4.90 Å². The molecule has 0 aliphatic rings. The van der Waals surface area contributed by atoms with Gasteiger partial charge in [0.2, 0.25) is 0 Å². The van der Waals surface area contributed by atoms with Gasteiger partial charge in [-0.2, -0.15) is 4.37 Å². The Bertz CT molecular complexity index is 1290. The quantitative estimate of drug-likeness (QED) is 0.389. The third kappa shape index (κ3) is 3.69. The number of benzene rings is 3. The van der Waals surface area contributed by atoms with Gasteiger partial charge in [-0.05, 0) is 52.6 Å². The average molecular weight is 411 g/mol. The van der Waals surface area contributed by atoms with Crippen LogP contribution in [0.5, 0.6) is 0 Å². The number of aromatic nitrogens is 1. The van der Waals surface area contributed by atoms with Gasteiger partial charge in [0.25, 0.3) is 10.0 Å². The highest BCUT2D eigenvalue weighted by Crippen LogP contribution is 2.32. The largest absolute Gasteiger partial charge is 0.369 e. The molecule has 1 N–H and O–H groups in total. The van der Waals surface area contributed by atoms with E-state index in [2.05, 4.69) is 14.1 Å². The molecule has 0 spiro atoms. The first-order chi connectivity index (χ1) is 13.4.